The Morgan fingerprint density at radius 2 is 1.85 bits per heavy atom. The van der Waals surface area contributed by atoms with Gasteiger partial charge < -0.3 is 33.9 Å². The summed E-state index contributed by atoms with van der Waals surface area (Å²) < 4.78 is 59.4. The summed E-state index contributed by atoms with van der Waals surface area (Å²) in [6.45, 7) is 12.7. The van der Waals surface area contributed by atoms with Crippen LogP contribution in [0.1, 0.15) is 85.4 Å². The van der Waals surface area contributed by atoms with E-state index in [1.807, 2.05) is 51.1 Å². The van der Waals surface area contributed by atoms with Crippen LogP contribution in [0.25, 0.3) is 0 Å². The van der Waals surface area contributed by atoms with Crippen molar-refractivity contribution >= 4 is 15.5 Å². The Kier molecular flexibility index (Phi) is 14.3. The highest BCUT2D eigenvalue weighted by Gasteiger charge is 2.40. The first kappa shape index (κ1) is 40.7. The number of rotatable bonds is 19. The monoisotopic (exact) mass is 776 g/mol. The molecule has 1 fully saturated rings. The first-order valence-electron chi connectivity index (χ1n) is 19.4. The van der Waals surface area contributed by atoms with Crippen molar-refractivity contribution in [3.63, 3.8) is 0 Å². The van der Waals surface area contributed by atoms with Crippen LogP contribution in [0.5, 0.6) is 5.75 Å². The molecule has 2 aliphatic rings. The highest BCUT2D eigenvalue weighted by Crippen LogP contribution is 2.42. The molecule has 4 aromatic rings. The number of sulfone groups is 1. The Bertz CT molecular complexity index is 1880. The van der Waals surface area contributed by atoms with Gasteiger partial charge >= 0.3 is 0 Å². The lowest BCUT2D eigenvalue weighted by Crippen LogP contribution is -2.48. The van der Waals surface area contributed by atoms with Crippen LogP contribution >= 0.6 is 0 Å². The number of methoxy groups -OCH3 is 1. The smallest absolute Gasteiger partial charge is 0.209 e. The van der Waals surface area contributed by atoms with Gasteiger partial charge in [-0.3, -0.25) is 0 Å². The van der Waals surface area contributed by atoms with Gasteiger partial charge in [-0.2, -0.15) is 0 Å². The first-order valence-corrected chi connectivity index (χ1v) is 20.9. The van der Waals surface area contributed by atoms with Crippen molar-refractivity contribution in [3.05, 3.63) is 94.8 Å². The van der Waals surface area contributed by atoms with Crippen molar-refractivity contribution in [2.24, 2.45) is 0 Å². The Labute approximate surface area is 325 Å². The minimum atomic E-state index is -4.01. The third kappa shape index (κ3) is 10.5. The fourth-order valence-corrected chi connectivity index (χ4v) is 9.06. The summed E-state index contributed by atoms with van der Waals surface area (Å²) in [5, 5.41) is 18.3. The number of tetrazole rings is 1. The van der Waals surface area contributed by atoms with Crippen molar-refractivity contribution < 1.29 is 32.1 Å². The largest absolute Gasteiger partial charge is 0.490 e. The second-order valence-electron chi connectivity index (χ2n) is 14.7. The topological polar surface area (TPSA) is 150 Å². The molecule has 6 atom stereocenters. The summed E-state index contributed by atoms with van der Waals surface area (Å²) in [6.07, 6.45) is 1.90. The molecule has 0 radical (unpaired) electrons. The summed E-state index contributed by atoms with van der Waals surface area (Å²) >= 11 is 0. The van der Waals surface area contributed by atoms with E-state index in [1.165, 1.54) is 0 Å². The van der Waals surface area contributed by atoms with Gasteiger partial charge in [-0.15, -0.1) is 5.10 Å². The number of aryl methyl sites for hydroxylation is 1. The molecule has 3 heterocycles. The van der Waals surface area contributed by atoms with E-state index in [-0.39, 0.29) is 28.9 Å². The van der Waals surface area contributed by atoms with Gasteiger partial charge in [0.25, 0.3) is 0 Å². The van der Waals surface area contributed by atoms with Crippen LogP contribution in [0, 0.1) is 6.92 Å². The van der Waals surface area contributed by atoms with E-state index >= 15 is 0 Å². The summed E-state index contributed by atoms with van der Waals surface area (Å²) in [7, 11) is -2.32. The molecule has 298 valence electrons. The van der Waals surface area contributed by atoms with E-state index in [4.69, 9.17) is 23.7 Å². The van der Waals surface area contributed by atoms with Crippen LogP contribution in [-0.2, 0) is 35.4 Å². The van der Waals surface area contributed by atoms with Crippen LogP contribution < -0.4 is 15.0 Å². The number of nitrogens with one attached hydrogen (secondary N) is 2. The number of hydrogen-bond acceptors (Lipinski definition) is 12. The molecule has 0 bridgehead atoms. The maximum atomic E-state index is 14.7. The lowest BCUT2D eigenvalue weighted by Gasteiger charge is -2.40. The molecular weight excluding hydrogens is 721 g/mol. The van der Waals surface area contributed by atoms with Crippen LogP contribution in [0.4, 0.5) is 5.69 Å². The second-order valence-corrected chi connectivity index (χ2v) is 16.7. The molecule has 1 aromatic heterocycles. The van der Waals surface area contributed by atoms with Gasteiger partial charge in [0.15, 0.2) is 11.3 Å². The van der Waals surface area contributed by atoms with Gasteiger partial charge in [0, 0.05) is 51.3 Å². The average Bonchev–Trinajstić information content (AvgIpc) is 3.74. The number of piperidine rings is 1. The predicted octanol–water partition coefficient (Wildman–Crippen LogP) is 5.88. The van der Waals surface area contributed by atoms with Gasteiger partial charge in [-0.05, 0) is 91.4 Å². The zero-order valence-corrected chi connectivity index (χ0v) is 33.5. The fourth-order valence-electron chi connectivity index (χ4n) is 7.50. The molecule has 0 amide bonds. The summed E-state index contributed by atoms with van der Waals surface area (Å²) in [5.41, 5.74) is 3.25. The molecule has 1 saturated heterocycles. The Morgan fingerprint density at radius 3 is 2.58 bits per heavy atom. The third-order valence-corrected chi connectivity index (χ3v) is 12.3. The Hall–Kier alpha value is -3.92. The van der Waals surface area contributed by atoms with Crippen molar-refractivity contribution in [2.75, 3.05) is 58.1 Å². The molecule has 14 heteroatoms. The molecule has 2 aliphatic heterocycles. The van der Waals surface area contributed by atoms with E-state index in [0.717, 1.165) is 59.8 Å². The van der Waals surface area contributed by atoms with Crippen molar-refractivity contribution in [1.29, 1.82) is 0 Å². The molecule has 0 saturated carbocycles. The number of ether oxygens (including phenoxy) is 5. The molecule has 0 spiro atoms. The predicted molar refractivity (Wildman–Crippen MR) is 210 cm³/mol. The lowest BCUT2D eigenvalue weighted by atomic mass is 9.81. The molecule has 3 aromatic carbocycles. The Morgan fingerprint density at radius 1 is 1.05 bits per heavy atom. The number of fused-ring (bicyclic) bond motifs is 1. The molecule has 13 nitrogen and oxygen atoms in total. The number of aromatic nitrogens is 4. The van der Waals surface area contributed by atoms with Gasteiger partial charge in [-0.25, -0.2) is 13.5 Å². The highest BCUT2D eigenvalue weighted by molar-refractivity contribution is 7.91. The molecule has 55 heavy (non-hydrogen) atoms. The van der Waals surface area contributed by atoms with Crippen LogP contribution in [0.2, 0.25) is 0 Å². The number of hydrogen-bond donors (Lipinski definition) is 2. The normalized spacial score (nSPS) is 20.4. The number of benzene rings is 3. The van der Waals surface area contributed by atoms with Gasteiger partial charge in [0.1, 0.15) is 12.4 Å². The van der Waals surface area contributed by atoms with E-state index in [0.29, 0.717) is 51.7 Å². The van der Waals surface area contributed by atoms with Crippen LogP contribution in [-0.4, -0.2) is 100 Å². The fraction of sp³-hybridized carbons (Fsp3) is 0.537. The number of anilines is 1. The zero-order chi connectivity index (χ0) is 38.8. The maximum Gasteiger partial charge on any atom is 0.209 e. The Balaban J connectivity index is 1.31. The number of H-pyrrole nitrogens is 1. The van der Waals surface area contributed by atoms with Crippen molar-refractivity contribution in [3.8, 4) is 5.75 Å². The van der Waals surface area contributed by atoms with Gasteiger partial charge in [0.2, 0.25) is 9.84 Å². The minimum Gasteiger partial charge on any atom is -0.490 e. The van der Waals surface area contributed by atoms with Crippen molar-refractivity contribution in [1.82, 2.24) is 25.9 Å². The first-order chi connectivity index (χ1) is 26.7. The number of aromatic amines is 1. The van der Waals surface area contributed by atoms with Gasteiger partial charge in [0.05, 0.1) is 42.5 Å². The van der Waals surface area contributed by atoms with Crippen molar-refractivity contribution in [2.45, 2.75) is 94.0 Å². The number of nitrogens with zero attached hydrogens (tertiary/aromatic N) is 4. The highest BCUT2D eigenvalue weighted by atomic mass is 32.2. The van der Waals surface area contributed by atoms with Gasteiger partial charge in [-0.1, -0.05) is 55.0 Å². The molecule has 3 unspecified atom stereocenters. The molecule has 0 aliphatic carbocycles. The average molecular weight is 777 g/mol. The van der Waals surface area contributed by atoms with E-state index < -0.39 is 21.4 Å². The summed E-state index contributed by atoms with van der Waals surface area (Å²) in [4.78, 5) is 2.45. The lowest BCUT2D eigenvalue weighted by molar-refractivity contribution is -0.00777. The quantitative estimate of drug-likeness (QED) is 0.110. The van der Waals surface area contributed by atoms with Crippen LogP contribution in [0.15, 0.2) is 71.6 Å². The maximum absolute atomic E-state index is 14.7. The minimum absolute atomic E-state index is 0.0227. The van der Waals surface area contributed by atoms with E-state index in [1.54, 1.807) is 19.2 Å². The standard InChI is InChI=1S/C41H56N6O7S/c1-6-52-30(4)26-51-27-31-10-12-32(13-11-31)36-24-34(22-29(3)40-43-45-46-44-40)42-25-39(36)54-41(55(48,49)35-15-8-28(2)9-16-35)33-14-17-38-37(23-33)47(19-21-53-38)18-7-20-50-5/h8-17,23,29-30,34,36,39,41-42H,6-7,18-22,24-27H2,1-5H3,(H,43,44,45,46)/t29?,30?,34-,36+,39-,41?/m0/s1. The third-order valence-electron chi connectivity index (χ3n) is 10.5. The molecule has 2 N–H and O–H groups in total. The zero-order valence-electron chi connectivity index (χ0n) is 32.6. The van der Waals surface area contributed by atoms with E-state index in [2.05, 4.69) is 62.0 Å². The molecule has 6 rings (SSSR count). The second kappa shape index (κ2) is 19.3. The van der Waals surface area contributed by atoms with Crippen LogP contribution in [0.3, 0.4) is 0 Å². The van der Waals surface area contributed by atoms with E-state index in [9.17, 15) is 8.42 Å². The SMILES string of the molecule is CCOC(C)COCc1ccc([C@H]2C[C@H](CC(C)c3nnn[nH]3)NC[C@@H]2OC(c2ccc3c(c2)N(CCCOC)CCO3)S(=O)(=O)c2ccc(C)cc2)cc1. The summed E-state index contributed by atoms with van der Waals surface area (Å²) in [5.74, 6) is 1.44. The molecular formula is C41H56N6O7S. The summed E-state index contributed by atoms with van der Waals surface area (Å²) in [6, 6.07) is 21.1.